The van der Waals surface area contributed by atoms with E-state index in [1.807, 2.05) is 0 Å². The lowest BCUT2D eigenvalue weighted by Crippen LogP contribution is -2.30. The summed E-state index contributed by atoms with van der Waals surface area (Å²) in [4.78, 5) is 11.3. The molecule has 2 rings (SSSR count). The second-order valence-electron chi connectivity index (χ2n) is 4.62. The normalized spacial score (nSPS) is 12.1. The number of carboxylic acid groups (broad SMARTS) is 1. The van der Waals surface area contributed by atoms with Crippen LogP contribution in [-0.4, -0.2) is 17.6 Å². The Hall–Kier alpha value is -2.27. The molecule has 0 aliphatic heterocycles. The molecule has 2 aromatic rings. The Balaban J connectivity index is 2.00. The van der Waals surface area contributed by atoms with E-state index < -0.39 is 17.8 Å². The summed E-state index contributed by atoms with van der Waals surface area (Å²) in [5.74, 6) is -2.01. The zero-order valence-electron chi connectivity index (χ0n) is 11.2. The minimum Gasteiger partial charge on any atom is -0.480 e. The fourth-order valence-electron chi connectivity index (χ4n) is 2.05. The van der Waals surface area contributed by atoms with Gasteiger partial charge in [-0.1, -0.05) is 30.3 Å². The summed E-state index contributed by atoms with van der Waals surface area (Å²) in [6.45, 7) is 0.344. The monoisotopic (exact) mass is 291 g/mol. The number of halogens is 2. The van der Waals surface area contributed by atoms with Crippen molar-refractivity contribution in [1.82, 2.24) is 5.32 Å². The number of hydrogen-bond donors (Lipinski definition) is 2. The smallest absolute Gasteiger partial charge is 0.325 e. The summed E-state index contributed by atoms with van der Waals surface area (Å²) in [6, 6.07) is 10.6. The van der Waals surface area contributed by atoms with Crippen LogP contribution in [0.1, 0.15) is 17.2 Å². The molecule has 0 aliphatic rings. The van der Waals surface area contributed by atoms with Crippen molar-refractivity contribution >= 4 is 5.97 Å². The molecule has 21 heavy (non-hydrogen) atoms. The summed E-state index contributed by atoms with van der Waals surface area (Å²) < 4.78 is 26.4. The predicted octanol–water partition coefficient (Wildman–Crippen LogP) is 2.92. The third kappa shape index (κ3) is 4.10. The SMILES string of the molecule is O=C(O)C(NCCc1ccc(F)cc1)c1ccccc1F. The first-order chi connectivity index (χ1) is 10.1. The van der Waals surface area contributed by atoms with Crippen molar-refractivity contribution in [1.29, 1.82) is 0 Å². The lowest BCUT2D eigenvalue weighted by Gasteiger charge is -2.15. The molecule has 1 unspecified atom stereocenters. The number of carboxylic acids is 1. The highest BCUT2D eigenvalue weighted by Crippen LogP contribution is 2.17. The highest BCUT2D eigenvalue weighted by Gasteiger charge is 2.21. The van der Waals surface area contributed by atoms with Crippen molar-refractivity contribution in [2.45, 2.75) is 12.5 Å². The van der Waals surface area contributed by atoms with Crippen molar-refractivity contribution < 1.29 is 18.7 Å². The Morgan fingerprint density at radius 3 is 2.38 bits per heavy atom. The fraction of sp³-hybridized carbons (Fsp3) is 0.188. The summed E-state index contributed by atoms with van der Waals surface area (Å²) in [5, 5.41) is 12.0. The molecule has 2 N–H and O–H groups in total. The van der Waals surface area contributed by atoms with E-state index in [0.717, 1.165) is 5.56 Å². The van der Waals surface area contributed by atoms with E-state index in [0.29, 0.717) is 13.0 Å². The average molecular weight is 291 g/mol. The molecule has 0 fully saturated rings. The average Bonchev–Trinajstić information content (AvgIpc) is 2.46. The molecule has 2 aromatic carbocycles. The zero-order chi connectivity index (χ0) is 15.2. The highest BCUT2D eigenvalue weighted by molar-refractivity contribution is 5.75. The molecular weight excluding hydrogens is 276 g/mol. The number of nitrogens with one attached hydrogen (secondary N) is 1. The van der Waals surface area contributed by atoms with Gasteiger partial charge in [-0.15, -0.1) is 0 Å². The quantitative estimate of drug-likeness (QED) is 0.860. The van der Waals surface area contributed by atoms with E-state index in [1.165, 1.54) is 30.3 Å². The molecule has 0 aromatic heterocycles. The molecule has 1 atom stereocenters. The molecule has 0 amide bonds. The second kappa shape index (κ2) is 6.95. The van der Waals surface area contributed by atoms with Crippen LogP contribution in [0.25, 0.3) is 0 Å². The van der Waals surface area contributed by atoms with Crippen molar-refractivity contribution in [3.05, 3.63) is 71.3 Å². The molecule has 5 heteroatoms. The summed E-state index contributed by atoms with van der Waals surface area (Å²) in [5.41, 5.74) is 0.977. The van der Waals surface area contributed by atoms with Gasteiger partial charge < -0.3 is 10.4 Å². The Morgan fingerprint density at radius 2 is 1.76 bits per heavy atom. The fourth-order valence-corrected chi connectivity index (χ4v) is 2.05. The first-order valence-corrected chi connectivity index (χ1v) is 6.53. The van der Waals surface area contributed by atoms with Crippen LogP contribution in [0.3, 0.4) is 0 Å². The van der Waals surface area contributed by atoms with Crippen LogP contribution in [0.5, 0.6) is 0 Å². The molecule has 0 heterocycles. The maximum Gasteiger partial charge on any atom is 0.325 e. The molecule has 110 valence electrons. The van der Waals surface area contributed by atoms with E-state index >= 15 is 0 Å². The molecule has 0 saturated carbocycles. The van der Waals surface area contributed by atoms with Crippen molar-refractivity contribution in [2.75, 3.05) is 6.54 Å². The summed E-state index contributed by atoms with van der Waals surface area (Å²) >= 11 is 0. The van der Waals surface area contributed by atoms with Crippen molar-refractivity contribution in [2.24, 2.45) is 0 Å². The zero-order valence-corrected chi connectivity index (χ0v) is 11.2. The number of rotatable bonds is 6. The largest absolute Gasteiger partial charge is 0.480 e. The maximum atomic E-state index is 13.6. The van der Waals surface area contributed by atoms with Gasteiger partial charge in [-0.2, -0.15) is 0 Å². The Morgan fingerprint density at radius 1 is 1.10 bits per heavy atom. The highest BCUT2D eigenvalue weighted by atomic mass is 19.1. The molecule has 0 spiro atoms. The molecule has 0 saturated heterocycles. The number of aliphatic carboxylic acids is 1. The van der Waals surface area contributed by atoms with Crippen LogP contribution in [0.2, 0.25) is 0 Å². The number of hydrogen-bond acceptors (Lipinski definition) is 2. The van der Waals surface area contributed by atoms with Gasteiger partial charge in [0, 0.05) is 12.1 Å². The van der Waals surface area contributed by atoms with E-state index in [4.69, 9.17) is 0 Å². The Kier molecular flexibility index (Phi) is 5.00. The maximum absolute atomic E-state index is 13.6. The summed E-state index contributed by atoms with van der Waals surface area (Å²) in [7, 11) is 0. The third-order valence-corrected chi connectivity index (χ3v) is 3.14. The topological polar surface area (TPSA) is 49.3 Å². The second-order valence-corrected chi connectivity index (χ2v) is 4.62. The van der Waals surface area contributed by atoms with E-state index in [2.05, 4.69) is 5.32 Å². The van der Waals surface area contributed by atoms with Gasteiger partial charge in [0.15, 0.2) is 0 Å². The standard InChI is InChI=1S/C16H15F2NO2/c17-12-7-5-11(6-8-12)9-10-19-15(16(20)21)13-3-1-2-4-14(13)18/h1-8,15,19H,9-10H2,(H,20,21). The van der Waals surface area contributed by atoms with Crippen molar-refractivity contribution in [3.8, 4) is 0 Å². The minimum atomic E-state index is -1.14. The lowest BCUT2D eigenvalue weighted by atomic mass is 10.1. The van der Waals surface area contributed by atoms with Gasteiger partial charge in [-0.3, -0.25) is 4.79 Å². The first-order valence-electron chi connectivity index (χ1n) is 6.53. The Labute approximate surface area is 121 Å². The van der Waals surface area contributed by atoms with Crippen LogP contribution in [0.15, 0.2) is 48.5 Å². The first kappa shape index (κ1) is 15.1. The van der Waals surface area contributed by atoms with Crippen LogP contribution in [0.4, 0.5) is 8.78 Å². The number of carbonyl (C=O) groups is 1. The van der Waals surface area contributed by atoms with Gasteiger partial charge >= 0.3 is 5.97 Å². The Bertz CT molecular complexity index is 614. The van der Waals surface area contributed by atoms with Crippen LogP contribution in [-0.2, 0) is 11.2 Å². The van der Waals surface area contributed by atoms with E-state index in [1.54, 1.807) is 18.2 Å². The van der Waals surface area contributed by atoms with Gasteiger partial charge in [0.1, 0.15) is 17.7 Å². The molecular formula is C16H15F2NO2. The van der Waals surface area contributed by atoms with Crippen LogP contribution < -0.4 is 5.32 Å². The van der Waals surface area contributed by atoms with Gasteiger partial charge in [0.25, 0.3) is 0 Å². The minimum absolute atomic E-state index is 0.101. The molecule has 3 nitrogen and oxygen atoms in total. The van der Waals surface area contributed by atoms with Gasteiger partial charge in [0.2, 0.25) is 0 Å². The predicted molar refractivity (Wildman–Crippen MR) is 74.9 cm³/mol. The van der Waals surface area contributed by atoms with Gasteiger partial charge in [-0.25, -0.2) is 8.78 Å². The lowest BCUT2D eigenvalue weighted by molar-refractivity contribution is -0.139. The van der Waals surface area contributed by atoms with Crippen LogP contribution >= 0.6 is 0 Å². The van der Waals surface area contributed by atoms with Gasteiger partial charge in [-0.05, 0) is 30.2 Å². The third-order valence-electron chi connectivity index (χ3n) is 3.14. The van der Waals surface area contributed by atoms with Crippen LogP contribution in [0, 0.1) is 11.6 Å². The van der Waals surface area contributed by atoms with E-state index in [9.17, 15) is 18.7 Å². The summed E-state index contributed by atoms with van der Waals surface area (Å²) in [6.07, 6.45) is 0.526. The molecule has 0 radical (unpaired) electrons. The number of benzene rings is 2. The van der Waals surface area contributed by atoms with Gasteiger partial charge in [0.05, 0.1) is 0 Å². The van der Waals surface area contributed by atoms with E-state index in [-0.39, 0.29) is 11.4 Å². The molecule has 0 bridgehead atoms. The van der Waals surface area contributed by atoms with Crippen molar-refractivity contribution in [3.63, 3.8) is 0 Å². The molecule has 0 aliphatic carbocycles.